The van der Waals surface area contributed by atoms with Gasteiger partial charge in [0.05, 0.1) is 10.8 Å². The van der Waals surface area contributed by atoms with Crippen molar-refractivity contribution in [2.45, 2.75) is 24.7 Å². The molecule has 1 unspecified atom stereocenters. The first kappa shape index (κ1) is 16.0. The van der Waals surface area contributed by atoms with E-state index in [4.69, 9.17) is 0 Å². The van der Waals surface area contributed by atoms with E-state index in [1.807, 2.05) is 18.2 Å². The van der Waals surface area contributed by atoms with Gasteiger partial charge in [-0.05, 0) is 36.6 Å². The molecule has 0 saturated heterocycles. The van der Waals surface area contributed by atoms with Gasteiger partial charge in [-0.3, -0.25) is 0 Å². The van der Waals surface area contributed by atoms with Crippen LogP contribution in [0.5, 0.6) is 0 Å². The predicted molar refractivity (Wildman–Crippen MR) is 106 cm³/mol. The van der Waals surface area contributed by atoms with E-state index in [0.29, 0.717) is 5.76 Å². The molecule has 0 aromatic heterocycles. The van der Waals surface area contributed by atoms with Crippen LogP contribution in [0.4, 0.5) is 0 Å². The molecule has 2 heteroatoms. The maximum atomic E-state index is 11.2. The van der Waals surface area contributed by atoms with Crippen molar-refractivity contribution in [2.75, 3.05) is 0 Å². The number of aliphatic hydroxyl groups is 1. The van der Waals surface area contributed by atoms with Crippen LogP contribution >= 0.6 is 11.8 Å². The molecular formula is C23H20OS. The van der Waals surface area contributed by atoms with Crippen LogP contribution in [0.2, 0.25) is 0 Å². The summed E-state index contributed by atoms with van der Waals surface area (Å²) in [5.74, 6) is 0.324. The fraction of sp³-hybridized carbons (Fsp3) is 0.130. The molecule has 1 aliphatic heterocycles. The molecule has 0 radical (unpaired) electrons. The minimum absolute atomic E-state index is 0.119. The Morgan fingerprint density at radius 1 is 0.800 bits per heavy atom. The van der Waals surface area contributed by atoms with Crippen molar-refractivity contribution in [1.82, 2.24) is 0 Å². The Bertz CT molecular complexity index is 940. The van der Waals surface area contributed by atoms with Crippen LogP contribution in [0.15, 0.2) is 83.5 Å². The van der Waals surface area contributed by atoms with Crippen molar-refractivity contribution in [3.8, 4) is 0 Å². The third kappa shape index (κ3) is 2.98. The number of thioether (sulfide) groups is 1. The Morgan fingerprint density at radius 2 is 1.48 bits per heavy atom. The minimum Gasteiger partial charge on any atom is -0.510 e. The molecule has 1 nitrogen and oxygen atoms in total. The smallest absolute Gasteiger partial charge is 0.119 e. The third-order valence-corrected chi connectivity index (χ3v) is 5.88. The first-order valence-corrected chi connectivity index (χ1v) is 9.28. The molecule has 0 amide bonds. The summed E-state index contributed by atoms with van der Waals surface area (Å²) in [5.41, 5.74) is 5.82. The van der Waals surface area contributed by atoms with Gasteiger partial charge in [0, 0.05) is 4.90 Å². The molecule has 3 aromatic rings. The van der Waals surface area contributed by atoms with Crippen molar-refractivity contribution in [3.63, 3.8) is 0 Å². The Labute approximate surface area is 153 Å². The van der Waals surface area contributed by atoms with Crippen molar-refractivity contribution < 1.29 is 5.11 Å². The quantitative estimate of drug-likeness (QED) is 0.575. The second kappa shape index (κ2) is 6.45. The van der Waals surface area contributed by atoms with Crippen molar-refractivity contribution in [3.05, 3.63) is 106 Å². The highest BCUT2D eigenvalue weighted by Gasteiger charge is 2.30. The molecule has 1 aliphatic rings. The average molecular weight is 344 g/mol. The maximum absolute atomic E-state index is 11.2. The van der Waals surface area contributed by atoms with E-state index in [1.54, 1.807) is 11.8 Å². The van der Waals surface area contributed by atoms with E-state index in [1.165, 1.54) is 21.6 Å². The van der Waals surface area contributed by atoms with Crippen LogP contribution in [0.25, 0.3) is 4.91 Å². The zero-order valence-electron chi connectivity index (χ0n) is 14.4. The van der Waals surface area contributed by atoms with Crippen LogP contribution < -0.4 is 0 Å². The molecule has 0 saturated carbocycles. The van der Waals surface area contributed by atoms with Crippen molar-refractivity contribution in [2.24, 2.45) is 0 Å². The van der Waals surface area contributed by atoms with Gasteiger partial charge < -0.3 is 5.11 Å². The van der Waals surface area contributed by atoms with Gasteiger partial charge in [0.15, 0.2) is 0 Å². The van der Waals surface area contributed by atoms with E-state index in [-0.39, 0.29) is 5.92 Å². The molecule has 25 heavy (non-hydrogen) atoms. The van der Waals surface area contributed by atoms with Crippen molar-refractivity contribution in [1.29, 1.82) is 0 Å². The summed E-state index contributed by atoms with van der Waals surface area (Å²) in [4.78, 5) is 2.16. The SMILES string of the molecule is Cc1ccc(C2C(O)=C(c3ccccc3)Sc3ccc(C)cc32)cc1. The monoisotopic (exact) mass is 344 g/mol. The van der Waals surface area contributed by atoms with Crippen LogP contribution in [0.1, 0.15) is 33.7 Å². The topological polar surface area (TPSA) is 20.2 Å². The Hall–Kier alpha value is -2.45. The molecule has 4 rings (SSSR count). The average Bonchev–Trinajstić information content (AvgIpc) is 2.63. The number of aryl methyl sites for hydroxylation is 2. The largest absolute Gasteiger partial charge is 0.510 e. The number of fused-ring (bicyclic) bond motifs is 1. The number of hydrogen-bond acceptors (Lipinski definition) is 2. The van der Waals surface area contributed by atoms with E-state index >= 15 is 0 Å². The lowest BCUT2D eigenvalue weighted by Gasteiger charge is -2.28. The summed E-state index contributed by atoms with van der Waals surface area (Å²) < 4.78 is 0. The summed E-state index contributed by atoms with van der Waals surface area (Å²) in [6.07, 6.45) is 0. The fourth-order valence-electron chi connectivity index (χ4n) is 3.32. The lowest BCUT2D eigenvalue weighted by molar-refractivity contribution is 0.384. The third-order valence-electron chi connectivity index (χ3n) is 4.64. The van der Waals surface area contributed by atoms with Crippen molar-refractivity contribution >= 4 is 16.7 Å². The normalized spacial score (nSPS) is 16.6. The minimum atomic E-state index is -0.119. The summed E-state index contributed by atoms with van der Waals surface area (Å²) in [6.45, 7) is 4.19. The summed E-state index contributed by atoms with van der Waals surface area (Å²) in [7, 11) is 0. The first-order chi connectivity index (χ1) is 12.1. The van der Waals surface area contributed by atoms with E-state index < -0.39 is 0 Å². The van der Waals surface area contributed by atoms with Gasteiger partial charge in [0.1, 0.15) is 5.76 Å². The lowest BCUT2D eigenvalue weighted by Crippen LogP contribution is -2.11. The first-order valence-electron chi connectivity index (χ1n) is 8.47. The van der Waals surface area contributed by atoms with Gasteiger partial charge in [0.25, 0.3) is 0 Å². The fourth-order valence-corrected chi connectivity index (χ4v) is 4.45. The summed E-state index contributed by atoms with van der Waals surface area (Å²) >= 11 is 1.66. The summed E-state index contributed by atoms with van der Waals surface area (Å²) in [5, 5.41) is 11.2. The maximum Gasteiger partial charge on any atom is 0.119 e. The van der Waals surface area contributed by atoms with Crippen LogP contribution in [0.3, 0.4) is 0 Å². The van der Waals surface area contributed by atoms with Crippen LogP contribution in [-0.4, -0.2) is 5.11 Å². The number of hydrogen-bond donors (Lipinski definition) is 1. The number of allylic oxidation sites excluding steroid dienone is 1. The molecule has 0 spiro atoms. The predicted octanol–water partition coefficient (Wildman–Crippen LogP) is 6.47. The van der Waals surface area contributed by atoms with E-state index in [0.717, 1.165) is 16.0 Å². The highest BCUT2D eigenvalue weighted by molar-refractivity contribution is 8.08. The number of rotatable bonds is 2. The van der Waals surface area contributed by atoms with Gasteiger partial charge in [-0.15, -0.1) is 0 Å². The molecule has 1 heterocycles. The highest BCUT2D eigenvalue weighted by Crippen LogP contribution is 2.50. The second-order valence-electron chi connectivity index (χ2n) is 6.57. The number of benzene rings is 3. The van der Waals surface area contributed by atoms with Gasteiger partial charge in [-0.2, -0.15) is 0 Å². The standard InChI is InChI=1S/C23H20OS/c1-15-8-11-17(12-9-15)21-19-14-16(2)10-13-20(19)25-23(22(21)24)18-6-4-3-5-7-18/h3-14,21,24H,1-2H3. The molecule has 1 N–H and O–H groups in total. The summed E-state index contributed by atoms with van der Waals surface area (Å²) in [6, 6.07) is 25.1. The van der Waals surface area contributed by atoms with Gasteiger partial charge in [-0.1, -0.05) is 89.6 Å². The molecular weight excluding hydrogens is 324 g/mol. The Balaban J connectivity index is 1.92. The van der Waals surface area contributed by atoms with Gasteiger partial charge in [-0.25, -0.2) is 0 Å². The van der Waals surface area contributed by atoms with Gasteiger partial charge in [0.2, 0.25) is 0 Å². The second-order valence-corrected chi connectivity index (χ2v) is 7.62. The molecule has 0 bridgehead atoms. The van der Waals surface area contributed by atoms with Crippen LogP contribution in [0, 0.1) is 13.8 Å². The van der Waals surface area contributed by atoms with E-state index in [9.17, 15) is 5.11 Å². The highest BCUT2D eigenvalue weighted by atomic mass is 32.2. The Morgan fingerprint density at radius 3 is 2.20 bits per heavy atom. The molecule has 124 valence electrons. The van der Waals surface area contributed by atoms with E-state index in [2.05, 4.69) is 68.4 Å². The van der Waals surface area contributed by atoms with Crippen LogP contribution in [-0.2, 0) is 0 Å². The molecule has 3 aromatic carbocycles. The molecule has 1 atom stereocenters. The molecule has 0 fully saturated rings. The number of aliphatic hydroxyl groups excluding tert-OH is 1. The lowest BCUT2D eigenvalue weighted by atomic mass is 9.87. The van der Waals surface area contributed by atoms with Gasteiger partial charge >= 0.3 is 0 Å². The molecule has 0 aliphatic carbocycles. The zero-order valence-corrected chi connectivity index (χ0v) is 15.2. The Kier molecular flexibility index (Phi) is 4.14. The zero-order chi connectivity index (χ0) is 17.4.